The Morgan fingerprint density at radius 2 is 2.13 bits per heavy atom. The van der Waals surface area contributed by atoms with Crippen molar-refractivity contribution < 1.29 is 18.8 Å². The minimum absolute atomic E-state index is 0.0430. The zero-order valence-electron chi connectivity index (χ0n) is 17.0. The molecule has 0 aliphatic carbocycles. The molecule has 8 heteroatoms. The van der Waals surface area contributed by atoms with Crippen molar-refractivity contribution in [3.63, 3.8) is 0 Å². The number of benzene rings is 2. The summed E-state index contributed by atoms with van der Waals surface area (Å²) in [7, 11) is 0. The van der Waals surface area contributed by atoms with Crippen molar-refractivity contribution in [1.29, 1.82) is 0 Å². The van der Waals surface area contributed by atoms with Crippen LogP contribution in [0.2, 0.25) is 0 Å². The van der Waals surface area contributed by atoms with E-state index in [-0.39, 0.29) is 11.9 Å². The van der Waals surface area contributed by atoms with E-state index >= 15 is 0 Å². The number of likely N-dealkylation sites (tertiary alicyclic amines) is 1. The van der Waals surface area contributed by atoms with Crippen LogP contribution in [0.1, 0.15) is 24.4 Å². The lowest BCUT2D eigenvalue weighted by Crippen LogP contribution is -2.37. The minimum Gasteiger partial charge on any atom is -0.319 e. The number of para-hydroxylation sites is 1. The Morgan fingerprint density at radius 1 is 1.29 bits per heavy atom. The fraction of sp³-hybridized carbons (Fsp3) is 0.304. The van der Waals surface area contributed by atoms with Gasteiger partial charge < -0.3 is 4.57 Å². The molecule has 4 rings (SSSR count). The Kier molecular flexibility index (Phi) is 6.39. The Hall–Kier alpha value is -3.10. The Labute approximate surface area is 178 Å². The van der Waals surface area contributed by atoms with Gasteiger partial charge in [0.15, 0.2) is 5.82 Å². The fourth-order valence-electron chi connectivity index (χ4n) is 4.21. The Balaban J connectivity index is 1.79. The predicted octanol–water partition coefficient (Wildman–Crippen LogP) is 3.97. The van der Waals surface area contributed by atoms with E-state index < -0.39 is 12.6 Å². The summed E-state index contributed by atoms with van der Waals surface area (Å²) in [6.45, 7) is 1.52. The van der Waals surface area contributed by atoms with Crippen LogP contribution in [0.5, 0.6) is 0 Å². The summed E-state index contributed by atoms with van der Waals surface area (Å²) in [6, 6.07) is 12.4. The summed E-state index contributed by atoms with van der Waals surface area (Å²) < 4.78 is 29.6. The number of fused-ring (bicyclic) bond motifs is 1. The molecule has 1 fully saturated rings. The molecule has 2 N–H and O–H groups in total. The molecule has 3 aromatic rings. The second-order valence-corrected chi connectivity index (χ2v) is 7.63. The molecular formula is C23H24F2N4O2. The lowest BCUT2D eigenvalue weighted by molar-refractivity contribution is -0.124. The van der Waals surface area contributed by atoms with Gasteiger partial charge in [0.05, 0.1) is 5.52 Å². The number of nitrogens with zero attached hydrogens (tertiary/aromatic N) is 3. The Morgan fingerprint density at radius 3 is 2.94 bits per heavy atom. The highest BCUT2D eigenvalue weighted by atomic mass is 19.1. The molecule has 1 aromatic heterocycles. The first kappa shape index (κ1) is 21.1. The topological polar surface area (TPSA) is 70.4 Å². The van der Waals surface area contributed by atoms with Gasteiger partial charge >= 0.3 is 0 Å². The van der Waals surface area contributed by atoms with E-state index in [0.717, 1.165) is 30.5 Å². The van der Waals surface area contributed by atoms with Crippen LogP contribution in [-0.4, -0.2) is 51.9 Å². The zero-order chi connectivity index (χ0) is 21.8. The number of carbonyl (C=O) groups is 1. The molecule has 1 aliphatic rings. The molecule has 0 spiro atoms. The van der Waals surface area contributed by atoms with Crippen LogP contribution in [0.25, 0.3) is 28.5 Å². The lowest BCUT2D eigenvalue weighted by atomic mass is 10.0. The number of halogens is 2. The summed E-state index contributed by atoms with van der Waals surface area (Å²) in [5, 5.41) is 8.67. The second kappa shape index (κ2) is 9.36. The SMILES string of the molecule is O=C(/C=C/c1cccc(-c2nc3c(F)cccc3n2C2CCCN(CCF)C2)c1)NO. The maximum absolute atomic E-state index is 14.6. The van der Waals surface area contributed by atoms with Crippen LogP contribution in [0.4, 0.5) is 8.78 Å². The molecule has 1 unspecified atom stereocenters. The largest absolute Gasteiger partial charge is 0.319 e. The molecule has 0 bridgehead atoms. The third kappa shape index (κ3) is 4.50. The number of rotatable bonds is 6. The average Bonchev–Trinajstić information content (AvgIpc) is 3.19. The smallest absolute Gasteiger partial charge is 0.267 e. The summed E-state index contributed by atoms with van der Waals surface area (Å²) in [6.07, 6.45) is 4.62. The molecule has 1 saturated heterocycles. The first-order chi connectivity index (χ1) is 15.1. The Bertz CT molecular complexity index is 1110. The number of carbonyl (C=O) groups excluding carboxylic acids is 1. The number of hydroxylamine groups is 1. The standard InChI is InChI=1S/C23H24F2N4O2/c24-11-13-28-12-3-6-18(15-28)29-20-8-2-7-19(25)22(20)26-23(29)17-5-1-4-16(14-17)9-10-21(30)27-31/h1-2,4-5,7-10,14,18,31H,3,6,11-13,15H2,(H,27,30)/b10-9+. The fourth-order valence-corrected chi connectivity index (χ4v) is 4.21. The maximum atomic E-state index is 14.6. The van der Waals surface area contributed by atoms with Crippen LogP contribution in [0.15, 0.2) is 48.5 Å². The van der Waals surface area contributed by atoms with Crippen molar-refractivity contribution in [3.05, 3.63) is 59.9 Å². The van der Waals surface area contributed by atoms with Crippen molar-refractivity contribution in [2.75, 3.05) is 26.3 Å². The number of hydrogen-bond donors (Lipinski definition) is 2. The van der Waals surface area contributed by atoms with E-state index in [1.807, 2.05) is 30.3 Å². The summed E-state index contributed by atoms with van der Waals surface area (Å²) in [5.74, 6) is -0.381. The number of amides is 1. The highest BCUT2D eigenvalue weighted by Gasteiger charge is 2.26. The molecule has 1 aliphatic heterocycles. The van der Waals surface area contributed by atoms with Crippen LogP contribution >= 0.6 is 0 Å². The van der Waals surface area contributed by atoms with Gasteiger partial charge in [-0.3, -0.25) is 14.9 Å². The average molecular weight is 426 g/mol. The number of aromatic nitrogens is 2. The number of hydrogen-bond acceptors (Lipinski definition) is 4. The van der Waals surface area contributed by atoms with Gasteiger partial charge in [0.2, 0.25) is 0 Å². The number of nitrogens with one attached hydrogen (secondary N) is 1. The highest BCUT2D eigenvalue weighted by molar-refractivity contribution is 5.91. The van der Waals surface area contributed by atoms with Gasteiger partial charge in [0.1, 0.15) is 18.0 Å². The molecule has 2 aromatic carbocycles. The summed E-state index contributed by atoms with van der Waals surface area (Å²) in [5.41, 5.74) is 4.09. The van der Waals surface area contributed by atoms with Gasteiger partial charge in [0, 0.05) is 30.8 Å². The molecule has 6 nitrogen and oxygen atoms in total. The third-order valence-electron chi connectivity index (χ3n) is 5.60. The number of alkyl halides is 1. The summed E-state index contributed by atoms with van der Waals surface area (Å²) >= 11 is 0. The van der Waals surface area contributed by atoms with E-state index in [2.05, 4.69) is 14.5 Å². The first-order valence-corrected chi connectivity index (χ1v) is 10.3. The van der Waals surface area contributed by atoms with E-state index in [1.165, 1.54) is 12.1 Å². The van der Waals surface area contributed by atoms with Crippen LogP contribution in [-0.2, 0) is 4.79 Å². The van der Waals surface area contributed by atoms with Gasteiger partial charge in [0.25, 0.3) is 5.91 Å². The minimum atomic E-state index is -0.630. The molecule has 0 saturated carbocycles. The second-order valence-electron chi connectivity index (χ2n) is 7.63. The van der Waals surface area contributed by atoms with E-state index in [9.17, 15) is 13.6 Å². The maximum Gasteiger partial charge on any atom is 0.267 e. The van der Waals surface area contributed by atoms with Gasteiger partial charge in [-0.05, 0) is 49.2 Å². The van der Waals surface area contributed by atoms with E-state index in [0.29, 0.717) is 29.9 Å². The van der Waals surface area contributed by atoms with E-state index in [1.54, 1.807) is 17.6 Å². The normalized spacial score (nSPS) is 17.5. The van der Waals surface area contributed by atoms with E-state index in [4.69, 9.17) is 5.21 Å². The first-order valence-electron chi connectivity index (χ1n) is 10.3. The quantitative estimate of drug-likeness (QED) is 0.356. The van der Waals surface area contributed by atoms with Crippen LogP contribution < -0.4 is 5.48 Å². The van der Waals surface area contributed by atoms with Crippen molar-refractivity contribution >= 4 is 23.0 Å². The van der Waals surface area contributed by atoms with Crippen molar-refractivity contribution in [2.45, 2.75) is 18.9 Å². The lowest BCUT2D eigenvalue weighted by Gasteiger charge is -2.34. The van der Waals surface area contributed by atoms with Crippen molar-refractivity contribution in [3.8, 4) is 11.4 Å². The third-order valence-corrected chi connectivity index (χ3v) is 5.60. The van der Waals surface area contributed by atoms with Gasteiger partial charge in [-0.2, -0.15) is 0 Å². The predicted molar refractivity (Wildman–Crippen MR) is 115 cm³/mol. The molecule has 1 atom stereocenters. The highest BCUT2D eigenvalue weighted by Crippen LogP contribution is 2.34. The number of piperidine rings is 1. The molecular weight excluding hydrogens is 402 g/mol. The molecule has 2 heterocycles. The van der Waals surface area contributed by atoms with Gasteiger partial charge in [-0.1, -0.05) is 24.3 Å². The monoisotopic (exact) mass is 426 g/mol. The molecule has 162 valence electrons. The molecule has 31 heavy (non-hydrogen) atoms. The van der Waals surface area contributed by atoms with Crippen molar-refractivity contribution in [1.82, 2.24) is 19.9 Å². The molecule has 1 amide bonds. The van der Waals surface area contributed by atoms with Gasteiger partial charge in [-0.25, -0.2) is 19.2 Å². The molecule has 0 radical (unpaired) electrons. The van der Waals surface area contributed by atoms with Crippen LogP contribution in [0, 0.1) is 5.82 Å². The van der Waals surface area contributed by atoms with Crippen molar-refractivity contribution in [2.24, 2.45) is 0 Å². The van der Waals surface area contributed by atoms with Crippen LogP contribution in [0.3, 0.4) is 0 Å². The zero-order valence-corrected chi connectivity index (χ0v) is 17.0. The van der Waals surface area contributed by atoms with Gasteiger partial charge in [-0.15, -0.1) is 0 Å². The number of imidazole rings is 1. The summed E-state index contributed by atoms with van der Waals surface area (Å²) in [4.78, 5) is 18.0.